The van der Waals surface area contributed by atoms with Crippen LogP contribution in [0.4, 0.5) is 22.0 Å². The van der Waals surface area contributed by atoms with E-state index in [4.69, 9.17) is 4.74 Å². The lowest BCUT2D eigenvalue weighted by atomic mass is 9.58. The summed E-state index contributed by atoms with van der Waals surface area (Å²) in [5.41, 5.74) is -2.32. The molecule has 2 saturated heterocycles. The molecule has 109 heavy (non-hydrogen) atoms. The summed E-state index contributed by atoms with van der Waals surface area (Å²) in [7, 11) is 11.4. The molecule has 5 heterocycles. The number of fused-ring (bicyclic) bond motifs is 8. The van der Waals surface area contributed by atoms with E-state index in [0.717, 1.165) is 27.5 Å². The Morgan fingerprint density at radius 3 is 1.86 bits per heavy atom. The number of ether oxygens (including phenoxy) is 1. The third-order valence-electron chi connectivity index (χ3n) is 24.6. The third kappa shape index (κ3) is 21.9. The molecule has 614 valence electrons. The first-order chi connectivity index (χ1) is 51.2. The second-order valence-corrected chi connectivity index (χ2v) is 33.3. The maximum atomic E-state index is 15.8. The van der Waals surface area contributed by atoms with E-state index >= 15 is 47.1 Å². The first-order valence-corrected chi connectivity index (χ1v) is 39.8. The number of hydrogen-bond acceptors (Lipinski definition) is 13. The lowest BCUT2D eigenvalue weighted by Crippen LogP contribution is -2.71. The number of carbonyl (C=O) groups excluding carboxylic acids is 12. The molecule has 25 nitrogen and oxygen atoms in total. The van der Waals surface area contributed by atoms with Crippen molar-refractivity contribution in [1.82, 2.24) is 60.0 Å². The summed E-state index contributed by atoms with van der Waals surface area (Å²) in [5, 5.41) is 8.71. The van der Waals surface area contributed by atoms with E-state index in [2.05, 4.69) is 28.1 Å². The zero-order chi connectivity index (χ0) is 80.9. The Bertz CT molecular complexity index is 3270. The predicted octanol–water partition coefficient (Wildman–Crippen LogP) is 7.14. The number of halogens is 5. The molecule has 5 aliphatic heterocycles. The number of allylic oxidation sites excluding steroid dienone is 2. The van der Waals surface area contributed by atoms with Gasteiger partial charge >= 0.3 is 6.18 Å². The summed E-state index contributed by atoms with van der Waals surface area (Å²) in [4.78, 5) is 194. The summed E-state index contributed by atoms with van der Waals surface area (Å²) in [6.45, 7) is 11.3. The van der Waals surface area contributed by atoms with Crippen molar-refractivity contribution in [3.8, 4) is 0 Å². The van der Waals surface area contributed by atoms with Crippen LogP contribution in [0.5, 0.6) is 0 Å². The Morgan fingerprint density at radius 2 is 1.27 bits per heavy atom. The van der Waals surface area contributed by atoms with Crippen LogP contribution in [0.1, 0.15) is 196 Å². The molecule has 8 aliphatic rings. The Labute approximate surface area is 641 Å². The van der Waals surface area contributed by atoms with Crippen LogP contribution in [0, 0.1) is 40.9 Å². The molecular weight excluding hydrogens is 1420 g/mol. The number of hydrogen-bond donors (Lipinski definition) is 3. The highest BCUT2D eigenvalue weighted by Gasteiger charge is 2.60. The molecule has 1 spiro atoms. The first kappa shape index (κ1) is 88.9. The van der Waals surface area contributed by atoms with Gasteiger partial charge in [-0.25, -0.2) is 8.78 Å². The van der Waals surface area contributed by atoms with Crippen LogP contribution in [-0.2, 0) is 62.3 Å². The van der Waals surface area contributed by atoms with Crippen LogP contribution in [0.15, 0.2) is 24.3 Å². The van der Waals surface area contributed by atoms with Gasteiger partial charge in [-0.05, 0) is 145 Å². The zero-order valence-corrected chi connectivity index (χ0v) is 67.1. The van der Waals surface area contributed by atoms with Gasteiger partial charge in [-0.2, -0.15) is 13.2 Å². The predicted molar refractivity (Wildman–Crippen MR) is 399 cm³/mol. The number of carbonyl (C=O) groups is 12. The molecule has 30 heteroatoms. The maximum Gasteiger partial charge on any atom is 0.397 e. The second-order valence-electron chi connectivity index (χ2n) is 33.3. The van der Waals surface area contributed by atoms with Gasteiger partial charge in [0.15, 0.2) is 0 Å². The first-order valence-electron chi connectivity index (χ1n) is 39.8. The van der Waals surface area contributed by atoms with Crippen molar-refractivity contribution in [2.45, 2.75) is 275 Å². The molecule has 2 unspecified atom stereocenters. The summed E-state index contributed by atoms with van der Waals surface area (Å²) in [6.07, 6.45) is 0.861. The number of alkyl halides is 5. The van der Waals surface area contributed by atoms with Gasteiger partial charge in [0.25, 0.3) is 0 Å². The Hall–Kier alpha value is -7.27. The van der Waals surface area contributed by atoms with Crippen molar-refractivity contribution in [3.63, 3.8) is 0 Å². The van der Waals surface area contributed by atoms with E-state index in [9.17, 15) is 32.3 Å². The molecule has 12 atom stereocenters. The van der Waals surface area contributed by atoms with Gasteiger partial charge in [-0.1, -0.05) is 98.0 Å². The van der Waals surface area contributed by atoms with Crippen molar-refractivity contribution in [1.29, 1.82) is 0 Å². The average Bonchev–Trinajstić information content (AvgIpc) is 1.38. The quantitative estimate of drug-likeness (QED) is 0.137. The number of likely N-dealkylation sites (N-methyl/N-ethyl adjacent to an activating group) is 7. The molecule has 0 radical (unpaired) electrons. The topological polar surface area (TPSA) is 279 Å². The number of rotatable bonds is 11. The monoisotopic (exact) mass is 1540 g/mol. The Kier molecular flexibility index (Phi) is 31.6. The van der Waals surface area contributed by atoms with Gasteiger partial charge in [0.1, 0.15) is 72.1 Å². The van der Waals surface area contributed by atoms with Crippen molar-refractivity contribution < 1.29 is 84.2 Å². The highest BCUT2D eigenvalue weighted by atomic mass is 19.4. The lowest BCUT2D eigenvalue weighted by Gasteiger charge is -2.54. The van der Waals surface area contributed by atoms with Gasteiger partial charge in [-0.3, -0.25) is 57.5 Å². The van der Waals surface area contributed by atoms with E-state index < -0.39 is 217 Å². The molecule has 8 rings (SSSR count). The third-order valence-corrected chi connectivity index (χ3v) is 24.6. The second kappa shape index (κ2) is 38.8. The van der Waals surface area contributed by atoms with E-state index in [1.54, 1.807) is 19.9 Å². The van der Waals surface area contributed by atoms with Gasteiger partial charge < -0.3 is 64.8 Å². The van der Waals surface area contributed by atoms with Crippen molar-refractivity contribution in [3.05, 3.63) is 24.3 Å². The van der Waals surface area contributed by atoms with Gasteiger partial charge in [0.2, 0.25) is 70.9 Å². The Balaban J connectivity index is 1.39. The minimum absolute atomic E-state index is 0.0108. The smallest absolute Gasteiger partial charge is 0.377 e. The molecule has 3 aliphatic carbocycles. The lowest BCUT2D eigenvalue weighted by molar-refractivity contribution is -0.219. The fourth-order valence-electron chi connectivity index (χ4n) is 18.0. The number of nitrogens with one attached hydrogen (secondary N) is 3. The summed E-state index contributed by atoms with van der Waals surface area (Å²) >= 11 is 0. The van der Waals surface area contributed by atoms with Crippen molar-refractivity contribution >= 4 is 70.9 Å². The SMILES string of the molecule is CCO[C@@H]1C[C@H]2C(=O)NC3(CC(C)(C)C3)C(=O)N(C)[C@@H](C(CC)CC)C(=O)N(C)[C@H](C(=O)N(C)C)CC(=O)N(C)[C@H]3CCCCC/C=C/C4CCC(CC4)C[C@@H](C(=O)N(C)CC(=O)N[C@@H](CCC4CC(F)C(C(F)(F)F)C(F)C4)C(=O)N2C1)N1CC/C=C\C[C@@H](C1=O)N(C)C(=O)CN(C)C(=O)[C@H]([C@@H](C)CC)NC3=O. The molecule has 5 fully saturated rings. The molecule has 0 aromatic carbocycles. The van der Waals surface area contributed by atoms with E-state index in [0.29, 0.717) is 64.2 Å². The van der Waals surface area contributed by atoms with Crippen molar-refractivity contribution in [2.24, 2.45) is 40.9 Å². The standard InChI is InChI=1S/C79H125F5N12O13/c1-16-48(5)66-74(106)90(11)45-64(99)92(13)58-30-26-23-27-37-95(73(58)105)61-40-50-33-31-49(32-34-50)28-24-21-20-22-25-29-57(68(100)86-66)91(12)63(98)42-60(71(103)88(8)9)93(14)75(107)67(52(17-2)18-3)94(15)76(108)78(46-77(6,7)47-78)87-69(101)59-41-53(109-19-4)43-96(59)70(102)56(85-62(97)44-89(10)72(61)104)36-35-51-38-54(80)65(55(81)39-51)79(82,83)84/h23-24,26,28,48-61,65-67H,16-22,25,27,29-47H2,1-15H3,(H,85,97)(H,86,100)(H,87,101)/b26-23-,28-24+/t48-,49?,50?,51?,53+,54?,55?,56-,57-,58-,59-,60-,61-,65?,66-,67-/m0/s1. The van der Waals surface area contributed by atoms with E-state index in [1.807, 2.05) is 40.7 Å². The van der Waals surface area contributed by atoms with Crippen LogP contribution >= 0.6 is 0 Å². The van der Waals surface area contributed by atoms with Gasteiger partial charge in [0, 0.05) is 82.5 Å². The highest BCUT2D eigenvalue weighted by Crippen LogP contribution is 2.50. The molecule has 0 aromatic heterocycles. The maximum absolute atomic E-state index is 15.8. The van der Waals surface area contributed by atoms with Crippen molar-refractivity contribution in [2.75, 3.05) is 89.2 Å². The molecule has 12 amide bonds. The normalized spacial score (nSPS) is 32.4. The largest absolute Gasteiger partial charge is 0.397 e. The number of amides is 12. The Morgan fingerprint density at radius 1 is 0.633 bits per heavy atom. The summed E-state index contributed by atoms with van der Waals surface area (Å²) < 4.78 is 79.3. The van der Waals surface area contributed by atoms with Crippen LogP contribution in [0.3, 0.4) is 0 Å². The van der Waals surface area contributed by atoms with Crippen LogP contribution in [0.2, 0.25) is 0 Å². The van der Waals surface area contributed by atoms with E-state index in [1.165, 1.54) is 85.8 Å². The number of nitrogens with zero attached hydrogens (tertiary/aromatic N) is 9. The van der Waals surface area contributed by atoms with Gasteiger partial charge in [-0.15, -0.1) is 0 Å². The summed E-state index contributed by atoms with van der Waals surface area (Å²) in [6, 6.07) is -10.8. The highest BCUT2D eigenvalue weighted by molar-refractivity contribution is 6.01. The van der Waals surface area contributed by atoms with Gasteiger partial charge in [0.05, 0.1) is 25.6 Å². The molecule has 3 N–H and O–H groups in total. The van der Waals surface area contributed by atoms with Crippen LogP contribution in [0.25, 0.3) is 0 Å². The minimum Gasteiger partial charge on any atom is -0.377 e. The fourth-order valence-corrected chi connectivity index (χ4v) is 18.0. The average molecular weight is 1550 g/mol. The molecule has 3 saturated carbocycles. The molecular formula is C79H125F5N12O13. The van der Waals surface area contributed by atoms with Crippen LogP contribution < -0.4 is 16.0 Å². The fraction of sp³-hybridized carbons (Fsp3) is 0.797. The summed E-state index contributed by atoms with van der Waals surface area (Å²) in [5.74, 6) is -13.5. The zero-order valence-electron chi connectivity index (χ0n) is 67.1. The molecule has 0 aromatic rings. The van der Waals surface area contributed by atoms with Crippen LogP contribution in [-0.4, -0.2) is 283 Å². The van der Waals surface area contributed by atoms with E-state index in [-0.39, 0.29) is 76.5 Å². The minimum atomic E-state index is -5.18. The molecule has 6 bridgehead atoms.